The van der Waals surface area contributed by atoms with E-state index in [2.05, 4.69) is 14.9 Å². The lowest BCUT2D eigenvalue weighted by atomic mass is 9.98. The number of hydrogen-bond donors (Lipinski definition) is 1. The van der Waals surface area contributed by atoms with Crippen LogP contribution in [0.15, 0.2) is 4.79 Å². The number of fused-ring (bicyclic) bond motifs is 1. The minimum Gasteiger partial charge on any atom is -0.466 e. The van der Waals surface area contributed by atoms with Gasteiger partial charge in [0.2, 0.25) is 0 Å². The van der Waals surface area contributed by atoms with E-state index in [1.54, 1.807) is 20.8 Å². The van der Waals surface area contributed by atoms with Crippen LogP contribution in [0.1, 0.15) is 47.7 Å². The first kappa shape index (κ1) is 20.5. The summed E-state index contributed by atoms with van der Waals surface area (Å²) in [4.78, 5) is 47.1. The van der Waals surface area contributed by atoms with E-state index in [0.29, 0.717) is 46.2 Å². The summed E-state index contributed by atoms with van der Waals surface area (Å²) in [5, 5.41) is 0.430. The van der Waals surface area contributed by atoms with Crippen LogP contribution < -0.4 is 5.56 Å². The molecule has 0 amide bonds. The number of nitrogens with one attached hydrogen (secondary N) is 1. The van der Waals surface area contributed by atoms with Gasteiger partial charge in [-0.05, 0) is 45.7 Å². The molecule has 0 bridgehead atoms. The number of nitrogens with zero attached hydrogens (tertiary/aromatic N) is 2. The summed E-state index contributed by atoms with van der Waals surface area (Å²) in [6.45, 7) is 7.78. The second-order valence-electron chi connectivity index (χ2n) is 6.80. The minimum absolute atomic E-state index is 0.149. The van der Waals surface area contributed by atoms with Gasteiger partial charge in [-0.1, -0.05) is 0 Å². The van der Waals surface area contributed by atoms with Gasteiger partial charge in [0.05, 0.1) is 31.1 Å². The number of carbonyl (C=O) groups is 2. The molecule has 8 nitrogen and oxygen atoms in total. The lowest BCUT2D eigenvalue weighted by Gasteiger charge is -2.30. The van der Waals surface area contributed by atoms with Gasteiger partial charge in [-0.2, -0.15) is 0 Å². The Hall–Kier alpha value is -2.26. The van der Waals surface area contributed by atoms with Crippen molar-refractivity contribution in [2.45, 2.75) is 40.2 Å². The molecule has 2 aromatic rings. The maximum absolute atomic E-state index is 12.6. The molecule has 1 aliphatic heterocycles. The third-order valence-corrected chi connectivity index (χ3v) is 5.97. The molecule has 3 heterocycles. The number of aromatic nitrogens is 2. The fourth-order valence-corrected chi connectivity index (χ4v) is 4.61. The number of aromatic amines is 1. The van der Waals surface area contributed by atoms with Crippen LogP contribution in [-0.4, -0.2) is 53.1 Å². The van der Waals surface area contributed by atoms with Crippen molar-refractivity contribution in [2.75, 3.05) is 26.3 Å². The van der Waals surface area contributed by atoms with Crippen LogP contribution in [0, 0.1) is 12.8 Å². The molecule has 1 atom stereocenters. The monoisotopic (exact) mass is 407 g/mol. The molecule has 0 aliphatic carbocycles. The highest BCUT2D eigenvalue weighted by Gasteiger charge is 2.27. The van der Waals surface area contributed by atoms with Crippen LogP contribution in [0.4, 0.5) is 0 Å². The van der Waals surface area contributed by atoms with Crippen LogP contribution >= 0.6 is 11.3 Å². The predicted octanol–water partition coefficient (Wildman–Crippen LogP) is 2.24. The van der Waals surface area contributed by atoms with Gasteiger partial charge in [-0.15, -0.1) is 11.3 Å². The molecule has 1 saturated heterocycles. The Kier molecular flexibility index (Phi) is 6.46. The van der Waals surface area contributed by atoms with E-state index in [9.17, 15) is 14.4 Å². The van der Waals surface area contributed by atoms with Crippen molar-refractivity contribution in [3.63, 3.8) is 0 Å². The van der Waals surface area contributed by atoms with Gasteiger partial charge in [0.25, 0.3) is 5.56 Å². The number of piperidine rings is 1. The molecule has 0 radical (unpaired) electrons. The average molecular weight is 407 g/mol. The Bertz CT molecular complexity index is 936. The van der Waals surface area contributed by atoms with Crippen molar-refractivity contribution in [1.82, 2.24) is 14.9 Å². The van der Waals surface area contributed by atoms with Crippen molar-refractivity contribution in [2.24, 2.45) is 5.92 Å². The maximum Gasteiger partial charge on any atom is 0.348 e. The first-order chi connectivity index (χ1) is 13.4. The van der Waals surface area contributed by atoms with Gasteiger partial charge in [-0.3, -0.25) is 14.5 Å². The quantitative estimate of drug-likeness (QED) is 0.733. The van der Waals surface area contributed by atoms with Gasteiger partial charge in [0.15, 0.2) is 0 Å². The van der Waals surface area contributed by atoms with Gasteiger partial charge in [0.1, 0.15) is 15.5 Å². The predicted molar refractivity (Wildman–Crippen MR) is 106 cm³/mol. The summed E-state index contributed by atoms with van der Waals surface area (Å²) in [6.07, 6.45) is 1.70. The van der Waals surface area contributed by atoms with Crippen molar-refractivity contribution >= 4 is 33.5 Å². The number of carbonyl (C=O) groups excluding carboxylic acids is 2. The van der Waals surface area contributed by atoms with E-state index >= 15 is 0 Å². The van der Waals surface area contributed by atoms with E-state index in [-0.39, 0.29) is 24.1 Å². The highest BCUT2D eigenvalue weighted by Crippen LogP contribution is 2.28. The zero-order valence-corrected chi connectivity index (χ0v) is 17.2. The number of hydrogen-bond acceptors (Lipinski definition) is 8. The topological polar surface area (TPSA) is 102 Å². The second kappa shape index (κ2) is 8.83. The number of likely N-dealkylation sites (tertiary alicyclic amines) is 1. The lowest BCUT2D eigenvalue weighted by molar-refractivity contribution is -0.150. The maximum atomic E-state index is 12.6. The molecule has 2 aromatic heterocycles. The van der Waals surface area contributed by atoms with Gasteiger partial charge in [-0.25, -0.2) is 9.78 Å². The molecular weight excluding hydrogens is 382 g/mol. The van der Waals surface area contributed by atoms with Crippen molar-refractivity contribution < 1.29 is 19.1 Å². The van der Waals surface area contributed by atoms with Crippen molar-refractivity contribution in [3.05, 3.63) is 26.6 Å². The zero-order chi connectivity index (χ0) is 20.3. The third-order valence-electron chi connectivity index (χ3n) is 4.81. The second-order valence-corrected chi connectivity index (χ2v) is 7.79. The summed E-state index contributed by atoms with van der Waals surface area (Å²) >= 11 is 1.18. The van der Waals surface area contributed by atoms with E-state index in [1.807, 2.05) is 0 Å². The molecule has 0 spiro atoms. The van der Waals surface area contributed by atoms with Gasteiger partial charge in [0, 0.05) is 6.54 Å². The molecular formula is C19H25N3O5S. The molecule has 152 valence electrons. The number of rotatable bonds is 6. The fourth-order valence-electron chi connectivity index (χ4n) is 3.52. The lowest BCUT2D eigenvalue weighted by Crippen LogP contribution is -2.39. The van der Waals surface area contributed by atoms with Crippen LogP contribution in [0.5, 0.6) is 0 Å². The number of H-pyrrole nitrogens is 1. The van der Waals surface area contributed by atoms with E-state index in [0.717, 1.165) is 19.4 Å². The highest BCUT2D eigenvalue weighted by molar-refractivity contribution is 7.20. The van der Waals surface area contributed by atoms with Gasteiger partial charge >= 0.3 is 11.9 Å². The Morgan fingerprint density at radius 2 is 2.04 bits per heavy atom. The Morgan fingerprint density at radius 3 is 2.75 bits per heavy atom. The molecule has 3 rings (SSSR count). The number of aryl methyl sites for hydroxylation is 1. The minimum atomic E-state index is -0.433. The van der Waals surface area contributed by atoms with Gasteiger partial charge < -0.3 is 14.5 Å². The van der Waals surface area contributed by atoms with E-state index in [4.69, 9.17) is 9.47 Å². The first-order valence-corrected chi connectivity index (χ1v) is 10.3. The smallest absolute Gasteiger partial charge is 0.348 e. The van der Waals surface area contributed by atoms with E-state index in [1.165, 1.54) is 11.3 Å². The molecule has 1 N–H and O–H groups in total. The SMILES string of the molecule is CCOC(=O)c1sc2nc(CN3CCC[C@H](C(=O)OCC)C3)[nH]c(=O)c2c1C. The van der Waals surface area contributed by atoms with Crippen LogP contribution in [0.2, 0.25) is 0 Å². The number of ether oxygens (including phenoxy) is 2. The van der Waals surface area contributed by atoms with E-state index < -0.39 is 5.97 Å². The Morgan fingerprint density at radius 1 is 1.29 bits per heavy atom. The fraction of sp³-hybridized carbons (Fsp3) is 0.579. The molecule has 9 heteroatoms. The molecule has 0 unspecified atom stereocenters. The molecule has 0 aromatic carbocycles. The summed E-state index contributed by atoms with van der Waals surface area (Å²) in [6, 6.07) is 0. The third kappa shape index (κ3) is 4.25. The molecule has 28 heavy (non-hydrogen) atoms. The molecule has 1 aliphatic rings. The summed E-state index contributed by atoms with van der Waals surface area (Å²) in [5.41, 5.74) is 0.336. The van der Waals surface area contributed by atoms with Crippen LogP contribution in [0.3, 0.4) is 0 Å². The summed E-state index contributed by atoms with van der Waals surface area (Å²) in [5.74, 6) is -0.225. The normalized spacial score (nSPS) is 17.6. The Labute approximate surface area is 166 Å². The zero-order valence-electron chi connectivity index (χ0n) is 16.4. The highest BCUT2D eigenvalue weighted by atomic mass is 32.1. The standard InChI is InChI=1S/C19H25N3O5S/c1-4-26-18(24)12-7-6-8-22(9-12)10-13-20-16(23)14-11(3)15(19(25)27-5-2)28-17(14)21-13/h12H,4-10H2,1-3H3,(H,20,21,23)/t12-/m0/s1. The largest absolute Gasteiger partial charge is 0.466 e. The number of thiophene rings is 1. The summed E-state index contributed by atoms with van der Waals surface area (Å²) in [7, 11) is 0. The number of esters is 2. The molecule has 0 saturated carbocycles. The van der Waals surface area contributed by atoms with Crippen molar-refractivity contribution in [3.8, 4) is 0 Å². The summed E-state index contributed by atoms with van der Waals surface area (Å²) < 4.78 is 10.2. The van der Waals surface area contributed by atoms with Crippen molar-refractivity contribution in [1.29, 1.82) is 0 Å². The average Bonchev–Trinajstić information content (AvgIpc) is 2.99. The molecule has 1 fully saturated rings. The first-order valence-electron chi connectivity index (χ1n) is 9.53. The Balaban J connectivity index is 1.81. The van der Waals surface area contributed by atoms with Crippen LogP contribution in [0.25, 0.3) is 10.2 Å². The van der Waals surface area contributed by atoms with Crippen LogP contribution in [-0.2, 0) is 20.8 Å².